The number of hydrogen-bond donors (Lipinski definition) is 0. The molecule has 0 aliphatic carbocycles. The molecule has 0 amide bonds. The lowest BCUT2D eigenvalue weighted by Crippen LogP contribution is -1.91. The molecule has 0 spiro atoms. The van der Waals surface area contributed by atoms with Gasteiger partial charge in [-0.3, -0.25) is 0 Å². The van der Waals surface area contributed by atoms with E-state index in [0.29, 0.717) is 0 Å². The van der Waals surface area contributed by atoms with E-state index in [-0.39, 0.29) is 0 Å². The van der Waals surface area contributed by atoms with Gasteiger partial charge in [-0.25, -0.2) is 0 Å². The minimum atomic E-state index is 1.06. The highest BCUT2D eigenvalue weighted by Crippen LogP contribution is 2.43. The molecule has 0 aliphatic heterocycles. The van der Waals surface area contributed by atoms with Crippen LogP contribution in [0.4, 0.5) is 0 Å². The first-order valence-corrected chi connectivity index (χ1v) is 12.6. The van der Waals surface area contributed by atoms with Crippen molar-refractivity contribution in [2.75, 3.05) is 0 Å². The molecule has 0 heterocycles. The molecule has 170 valence electrons. The van der Waals surface area contributed by atoms with E-state index in [1.807, 2.05) is 0 Å². The molecule has 0 atom stereocenters. The quantitative estimate of drug-likeness (QED) is 0.234. The third-order valence-electron chi connectivity index (χ3n) is 7.45. The van der Waals surface area contributed by atoms with Crippen molar-refractivity contribution in [3.8, 4) is 22.3 Å². The van der Waals surface area contributed by atoms with Crippen LogP contribution >= 0.6 is 0 Å². The fourth-order valence-electron chi connectivity index (χ4n) is 5.68. The zero-order chi connectivity index (χ0) is 24.1. The summed E-state index contributed by atoms with van der Waals surface area (Å²) >= 11 is 0. The van der Waals surface area contributed by atoms with E-state index < -0.39 is 0 Å². The van der Waals surface area contributed by atoms with Gasteiger partial charge in [0.05, 0.1) is 0 Å². The van der Waals surface area contributed by atoms with Crippen LogP contribution in [0, 0.1) is 20.8 Å². The van der Waals surface area contributed by atoms with Gasteiger partial charge >= 0.3 is 0 Å². The van der Waals surface area contributed by atoms with Gasteiger partial charge in [0, 0.05) is 0 Å². The minimum absolute atomic E-state index is 1.06. The van der Waals surface area contributed by atoms with Gasteiger partial charge in [-0.15, -0.1) is 0 Å². The molecule has 35 heavy (non-hydrogen) atoms. The Morgan fingerprint density at radius 2 is 1.20 bits per heavy atom. The molecule has 6 aromatic rings. The lowest BCUT2D eigenvalue weighted by Gasteiger charge is -2.17. The molecule has 0 fully saturated rings. The average Bonchev–Trinajstić information content (AvgIpc) is 2.86. The smallest absolute Gasteiger partial charge is 0.00203 e. The Morgan fingerprint density at radius 3 is 1.86 bits per heavy atom. The average molecular weight is 451 g/mol. The second-order valence-electron chi connectivity index (χ2n) is 9.85. The van der Waals surface area contributed by atoms with Gasteiger partial charge in [0.15, 0.2) is 0 Å². The SMILES string of the molecule is CC/C=C\c1ccc(-c2ccc3ccc4c(-c5ccc(C)cc5C)ccc5ccc2c3c54)cc1C. The van der Waals surface area contributed by atoms with E-state index in [2.05, 4.69) is 125 Å². The molecule has 0 nitrogen and oxygen atoms in total. The van der Waals surface area contributed by atoms with Crippen molar-refractivity contribution in [3.63, 3.8) is 0 Å². The summed E-state index contributed by atoms with van der Waals surface area (Å²) in [6.07, 6.45) is 5.52. The highest BCUT2D eigenvalue weighted by molar-refractivity contribution is 6.27. The van der Waals surface area contributed by atoms with Crippen LogP contribution in [0.3, 0.4) is 0 Å². The van der Waals surface area contributed by atoms with E-state index in [1.54, 1.807) is 0 Å². The summed E-state index contributed by atoms with van der Waals surface area (Å²) < 4.78 is 0. The Bertz CT molecular complexity index is 1750. The normalized spacial score (nSPS) is 12.0. The largest absolute Gasteiger partial charge is 0.0842 e. The zero-order valence-corrected chi connectivity index (χ0v) is 20.9. The Balaban J connectivity index is 1.62. The van der Waals surface area contributed by atoms with Gasteiger partial charge in [0.1, 0.15) is 0 Å². The maximum absolute atomic E-state index is 2.34. The molecule has 0 bridgehead atoms. The lowest BCUT2D eigenvalue weighted by molar-refractivity contribution is 1.23. The molecule has 0 saturated carbocycles. The minimum Gasteiger partial charge on any atom is -0.0842 e. The van der Waals surface area contributed by atoms with Crippen molar-refractivity contribution < 1.29 is 0 Å². The molecular weight excluding hydrogens is 420 g/mol. The predicted molar refractivity (Wildman–Crippen MR) is 155 cm³/mol. The molecule has 0 heteroatoms. The maximum Gasteiger partial charge on any atom is -0.00203 e. The van der Waals surface area contributed by atoms with Gasteiger partial charge < -0.3 is 0 Å². The second kappa shape index (κ2) is 8.40. The van der Waals surface area contributed by atoms with E-state index >= 15 is 0 Å². The summed E-state index contributed by atoms with van der Waals surface area (Å²) in [6.45, 7) is 8.78. The first kappa shape index (κ1) is 21.6. The third-order valence-corrected chi connectivity index (χ3v) is 7.45. The predicted octanol–water partition coefficient (Wildman–Crippen LogP) is 10.3. The van der Waals surface area contributed by atoms with E-state index in [0.717, 1.165) is 6.42 Å². The van der Waals surface area contributed by atoms with Crippen LogP contribution in [0.25, 0.3) is 60.6 Å². The fourth-order valence-corrected chi connectivity index (χ4v) is 5.68. The second-order valence-corrected chi connectivity index (χ2v) is 9.85. The van der Waals surface area contributed by atoms with Gasteiger partial charge in [0.25, 0.3) is 0 Å². The van der Waals surface area contributed by atoms with Crippen molar-refractivity contribution in [1.29, 1.82) is 0 Å². The van der Waals surface area contributed by atoms with Crippen LogP contribution < -0.4 is 0 Å². The van der Waals surface area contributed by atoms with Crippen molar-refractivity contribution in [3.05, 3.63) is 113 Å². The Morgan fingerprint density at radius 1 is 0.571 bits per heavy atom. The highest BCUT2D eigenvalue weighted by atomic mass is 14.2. The van der Waals surface area contributed by atoms with Crippen LogP contribution in [0.15, 0.2) is 91.0 Å². The molecule has 6 aromatic carbocycles. The monoisotopic (exact) mass is 450 g/mol. The highest BCUT2D eigenvalue weighted by Gasteiger charge is 2.15. The molecule has 0 radical (unpaired) electrons. The summed E-state index contributed by atoms with van der Waals surface area (Å²) in [4.78, 5) is 0. The van der Waals surface area contributed by atoms with Crippen molar-refractivity contribution in [1.82, 2.24) is 0 Å². The Kier molecular flexibility index (Phi) is 5.19. The molecule has 0 N–H and O–H groups in total. The van der Waals surface area contributed by atoms with Crippen LogP contribution in [-0.4, -0.2) is 0 Å². The summed E-state index contributed by atoms with van der Waals surface area (Å²) in [6, 6.07) is 32.1. The summed E-state index contributed by atoms with van der Waals surface area (Å²) in [5, 5.41) is 8.02. The van der Waals surface area contributed by atoms with Gasteiger partial charge in [-0.2, -0.15) is 0 Å². The van der Waals surface area contributed by atoms with Crippen molar-refractivity contribution in [2.24, 2.45) is 0 Å². The van der Waals surface area contributed by atoms with Gasteiger partial charge in [0.2, 0.25) is 0 Å². The topological polar surface area (TPSA) is 0 Å². The van der Waals surface area contributed by atoms with Crippen LogP contribution in [0.1, 0.15) is 35.6 Å². The Hall–Kier alpha value is -3.90. The summed E-state index contributed by atoms with van der Waals surface area (Å²) in [5.41, 5.74) is 10.5. The number of hydrogen-bond acceptors (Lipinski definition) is 0. The van der Waals surface area contributed by atoms with E-state index in [1.165, 1.54) is 76.8 Å². The summed E-state index contributed by atoms with van der Waals surface area (Å²) in [7, 11) is 0. The first-order chi connectivity index (χ1) is 17.0. The zero-order valence-electron chi connectivity index (χ0n) is 20.9. The van der Waals surface area contributed by atoms with Gasteiger partial charge in [-0.05, 0) is 98.5 Å². The number of aryl methyl sites for hydroxylation is 3. The van der Waals surface area contributed by atoms with E-state index in [9.17, 15) is 0 Å². The molecule has 6 rings (SSSR count). The van der Waals surface area contributed by atoms with Crippen LogP contribution in [0.2, 0.25) is 0 Å². The third kappa shape index (κ3) is 3.53. The number of rotatable bonds is 4. The van der Waals surface area contributed by atoms with Crippen LogP contribution in [0.5, 0.6) is 0 Å². The van der Waals surface area contributed by atoms with Crippen LogP contribution in [-0.2, 0) is 0 Å². The van der Waals surface area contributed by atoms with Gasteiger partial charge in [-0.1, -0.05) is 110 Å². The lowest BCUT2D eigenvalue weighted by atomic mass is 9.86. The van der Waals surface area contributed by atoms with E-state index in [4.69, 9.17) is 0 Å². The molecule has 0 aromatic heterocycles. The molecule has 0 saturated heterocycles. The maximum atomic E-state index is 2.34. The summed E-state index contributed by atoms with van der Waals surface area (Å²) in [5.74, 6) is 0. The molecule has 0 aliphatic rings. The number of allylic oxidation sites excluding steroid dienone is 1. The molecule has 0 unspecified atom stereocenters. The molecular formula is C35H30. The fraction of sp³-hybridized carbons (Fsp3) is 0.143. The number of benzene rings is 6. The van der Waals surface area contributed by atoms with Crippen molar-refractivity contribution in [2.45, 2.75) is 34.1 Å². The van der Waals surface area contributed by atoms with Crippen molar-refractivity contribution >= 4 is 38.4 Å². The Labute approximate surface area is 207 Å². The first-order valence-electron chi connectivity index (χ1n) is 12.6. The standard InChI is InChI=1S/C35H30/c1-5-6-7-25-9-10-28(21-23(25)3)30-16-11-26-14-19-33-31(29-15-8-22(2)20-24(29)4)17-12-27-13-18-32(30)34(26)35(27)33/h6-21H,5H2,1-4H3/b7-6-.